The lowest BCUT2D eigenvalue weighted by atomic mass is 10.7. The fourth-order valence-corrected chi connectivity index (χ4v) is 1.59. The first-order valence-electron chi connectivity index (χ1n) is 2.01. The molecule has 0 atom stereocenters. The molecule has 0 fully saturated rings. The van der Waals surface area contributed by atoms with E-state index in [0.29, 0.717) is 0 Å². The Balaban J connectivity index is 0.000000490. The first-order valence-corrected chi connectivity index (χ1v) is 4.11. The zero-order valence-electron chi connectivity index (χ0n) is 4.05. The summed E-state index contributed by atoms with van der Waals surface area (Å²) in [6.07, 6.45) is 2.09. The van der Waals surface area contributed by atoms with Gasteiger partial charge in [-0.1, -0.05) is 13.5 Å². The normalized spacial score (nSPS) is 8.12. The largest absolute Gasteiger partial charge is 0.137 e. The van der Waals surface area contributed by atoms with Crippen molar-refractivity contribution in [2.75, 3.05) is 6.26 Å². The Morgan fingerprint density at radius 3 is 2.62 bits per heavy atom. The van der Waals surface area contributed by atoms with Crippen LogP contribution in [0.2, 0.25) is 0 Å². The minimum Gasteiger partial charge on any atom is -0.137 e. The Labute approximate surface area is 58.9 Å². The van der Waals surface area contributed by atoms with Crippen LogP contribution in [0.3, 0.4) is 0 Å². The van der Waals surface area contributed by atoms with Gasteiger partial charge >= 0.3 is 0 Å². The third kappa shape index (κ3) is 1.88. The molecule has 0 radical (unpaired) electrons. The Bertz CT molecular complexity index is 121. The average Bonchev–Trinajstić information content (AvgIpc) is 2.14. The van der Waals surface area contributed by atoms with Gasteiger partial charge in [-0.2, -0.15) is 0 Å². The highest BCUT2D eigenvalue weighted by molar-refractivity contribution is 8.00. The van der Waals surface area contributed by atoms with Crippen LogP contribution in [0.5, 0.6) is 0 Å². The Morgan fingerprint density at radius 1 is 1.62 bits per heavy atom. The van der Waals surface area contributed by atoms with E-state index < -0.39 is 0 Å². The molecular formula is C6H10S2. The minimum absolute atomic E-state index is 0. The molecule has 46 valence electrons. The standard InChI is InChI=1S/C5H6S2.CH4/c1-6-5-3-2-4-7-5;/h2-4H,1H3;1H4. The maximum atomic E-state index is 2.12. The molecule has 0 aromatic carbocycles. The molecule has 2 heteroatoms. The van der Waals surface area contributed by atoms with Crippen molar-refractivity contribution in [1.82, 2.24) is 0 Å². The van der Waals surface area contributed by atoms with Crippen LogP contribution in [-0.2, 0) is 0 Å². The zero-order chi connectivity index (χ0) is 5.11. The molecular weight excluding hydrogens is 136 g/mol. The van der Waals surface area contributed by atoms with Crippen molar-refractivity contribution in [1.29, 1.82) is 0 Å². The number of hydrogen-bond acceptors (Lipinski definition) is 2. The fraction of sp³-hybridized carbons (Fsp3) is 0.333. The SMILES string of the molecule is C.CSc1cccs1. The molecule has 0 saturated heterocycles. The summed E-state index contributed by atoms with van der Waals surface area (Å²) < 4.78 is 1.39. The molecule has 0 aliphatic carbocycles. The highest BCUT2D eigenvalue weighted by Crippen LogP contribution is 2.19. The van der Waals surface area contributed by atoms with Crippen molar-refractivity contribution >= 4 is 23.1 Å². The molecule has 0 amide bonds. The van der Waals surface area contributed by atoms with E-state index in [2.05, 4.69) is 23.8 Å². The first kappa shape index (κ1) is 8.05. The fourth-order valence-electron chi connectivity index (χ4n) is 0.380. The summed E-state index contributed by atoms with van der Waals surface area (Å²) in [7, 11) is 0. The summed E-state index contributed by atoms with van der Waals surface area (Å²) in [6.45, 7) is 0. The van der Waals surface area contributed by atoms with E-state index in [1.807, 2.05) is 0 Å². The highest BCUT2D eigenvalue weighted by Gasteiger charge is 1.83. The van der Waals surface area contributed by atoms with Gasteiger partial charge in [0.2, 0.25) is 0 Å². The smallest absolute Gasteiger partial charge is 0.0595 e. The molecule has 0 saturated carbocycles. The van der Waals surface area contributed by atoms with E-state index in [0.717, 1.165) is 0 Å². The molecule has 1 aromatic heterocycles. The quantitative estimate of drug-likeness (QED) is 0.549. The molecule has 0 unspecified atom stereocenters. The molecule has 1 aromatic rings. The molecule has 0 N–H and O–H groups in total. The monoisotopic (exact) mass is 146 g/mol. The van der Waals surface area contributed by atoms with Crippen LogP contribution in [0.4, 0.5) is 0 Å². The van der Waals surface area contributed by atoms with Crippen LogP contribution < -0.4 is 0 Å². The molecule has 1 rings (SSSR count). The van der Waals surface area contributed by atoms with E-state index in [1.54, 1.807) is 23.1 Å². The van der Waals surface area contributed by atoms with Crippen LogP contribution in [0, 0.1) is 0 Å². The number of hydrogen-bond donors (Lipinski definition) is 0. The van der Waals surface area contributed by atoms with Gasteiger partial charge in [0, 0.05) is 0 Å². The van der Waals surface area contributed by atoms with Crippen molar-refractivity contribution in [3.8, 4) is 0 Å². The molecule has 0 spiro atoms. The summed E-state index contributed by atoms with van der Waals surface area (Å²) in [5.74, 6) is 0. The maximum absolute atomic E-state index is 2.12. The summed E-state index contributed by atoms with van der Waals surface area (Å²) in [4.78, 5) is 0. The van der Waals surface area contributed by atoms with Crippen molar-refractivity contribution < 1.29 is 0 Å². The molecule has 0 nitrogen and oxygen atoms in total. The molecule has 0 bridgehead atoms. The van der Waals surface area contributed by atoms with Crippen molar-refractivity contribution in [3.63, 3.8) is 0 Å². The minimum atomic E-state index is 0. The van der Waals surface area contributed by atoms with E-state index >= 15 is 0 Å². The van der Waals surface area contributed by atoms with Crippen LogP contribution in [0.1, 0.15) is 7.43 Å². The second kappa shape index (κ2) is 3.98. The van der Waals surface area contributed by atoms with Crippen molar-refractivity contribution in [2.24, 2.45) is 0 Å². The third-order valence-corrected chi connectivity index (χ3v) is 2.68. The second-order valence-corrected chi connectivity index (χ2v) is 3.19. The number of rotatable bonds is 1. The van der Waals surface area contributed by atoms with Gasteiger partial charge in [-0.3, -0.25) is 0 Å². The molecule has 1 heterocycles. The lowest BCUT2D eigenvalue weighted by Gasteiger charge is -1.78. The zero-order valence-corrected chi connectivity index (χ0v) is 5.68. The molecule has 0 aliphatic rings. The Kier molecular flexibility index (Phi) is 4.01. The number of thiophene rings is 1. The predicted octanol–water partition coefficient (Wildman–Crippen LogP) is 3.11. The summed E-state index contributed by atoms with van der Waals surface area (Å²) in [5, 5.41) is 2.09. The van der Waals surface area contributed by atoms with Gasteiger partial charge in [0.05, 0.1) is 4.21 Å². The first-order chi connectivity index (χ1) is 3.43. The lowest BCUT2D eigenvalue weighted by Crippen LogP contribution is -1.45. The van der Waals surface area contributed by atoms with Crippen LogP contribution >= 0.6 is 23.1 Å². The van der Waals surface area contributed by atoms with Gasteiger partial charge in [0.1, 0.15) is 0 Å². The van der Waals surface area contributed by atoms with Gasteiger partial charge in [-0.25, -0.2) is 0 Å². The van der Waals surface area contributed by atoms with E-state index in [-0.39, 0.29) is 7.43 Å². The lowest BCUT2D eigenvalue weighted by molar-refractivity contribution is 1.75. The van der Waals surface area contributed by atoms with Gasteiger partial charge in [-0.15, -0.1) is 23.1 Å². The van der Waals surface area contributed by atoms with Gasteiger partial charge in [0.25, 0.3) is 0 Å². The van der Waals surface area contributed by atoms with Crippen molar-refractivity contribution in [3.05, 3.63) is 17.5 Å². The Morgan fingerprint density at radius 2 is 2.38 bits per heavy atom. The molecule has 8 heavy (non-hydrogen) atoms. The van der Waals surface area contributed by atoms with Gasteiger partial charge < -0.3 is 0 Å². The summed E-state index contributed by atoms with van der Waals surface area (Å²) in [6, 6.07) is 4.19. The van der Waals surface area contributed by atoms with Gasteiger partial charge in [0.15, 0.2) is 0 Å². The molecule has 0 aliphatic heterocycles. The highest BCUT2D eigenvalue weighted by atomic mass is 32.2. The third-order valence-electron chi connectivity index (χ3n) is 0.696. The van der Waals surface area contributed by atoms with Crippen LogP contribution in [0.15, 0.2) is 21.7 Å². The Hall–Kier alpha value is 0.0500. The van der Waals surface area contributed by atoms with Crippen LogP contribution in [-0.4, -0.2) is 6.26 Å². The second-order valence-electron chi connectivity index (χ2n) is 1.14. The summed E-state index contributed by atoms with van der Waals surface area (Å²) >= 11 is 3.58. The number of thioether (sulfide) groups is 1. The van der Waals surface area contributed by atoms with E-state index in [4.69, 9.17) is 0 Å². The van der Waals surface area contributed by atoms with Gasteiger partial charge in [-0.05, 0) is 17.7 Å². The van der Waals surface area contributed by atoms with E-state index in [1.165, 1.54) is 4.21 Å². The van der Waals surface area contributed by atoms with Crippen LogP contribution in [0.25, 0.3) is 0 Å². The maximum Gasteiger partial charge on any atom is 0.0595 e. The van der Waals surface area contributed by atoms with Crippen molar-refractivity contribution in [2.45, 2.75) is 11.6 Å². The predicted molar refractivity (Wildman–Crippen MR) is 42.8 cm³/mol. The summed E-state index contributed by atoms with van der Waals surface area (Å²) in [5.41, 5.74) is 0. The topological polar surface area (TPSA) is 0 Å². The average molecular weight is 146 g/mol. The van der Waals surface area contributed by atoms with E-state index in [9.17, 15) is 0 Å².